The average molecular weight is 574 g/mol. The lowest BCUT2D eigenvalue weighted by atomic mass is 10.0. The molecule has 0 amide bonds. The Hall–Kier alpha value is -2.23. The van der Waals surface area contributed by atoms with Crippen molar-refractivity contribution in [1.29, 1.82) is 0 Å². The standard InChI is InChI=1S/C28H33BrN2O4S/c1-20-16-31(21(2)19-32)36(33,34)28-14-13-25(29)15-26(28)35-27(20)18-30(3)17-22-9-11-24(12-10-22)23-7-5-4-6-8-23/h4-15,20-21,27,32H,16-19H2,1-3H3/t20-,21+,27+/m1/s1. The molecule has 0 saturated heterocycles. The van der Waals surface area contributed by atoms with E-state index in [1.54, 1.807) is 25.1 Å². The fourth-order valence-corrected chi connectivity index (χ4v) is 6.70. The molecule has 1 aliphatic heterocycles. The Morgan fingerprint density at radius 3 is 2.42 bits per heavy atom. The van der Waals surface area contributed by atoms with E-state index in [-0.39, 0.29) is 30.1 Å². The van der Waals surface area contributed by atoms with Gasteiger partial charge in [0.15, 0.2) is 0 Å². The summed E-state index contributed by atoms with van der Waals surface area (Å²) in [6.45, 7) is 5.11. The lowest BCUT2D eigenvalue weighted by molar-refractivity contribution is 0.0733. The lowest BCUT2D eigenvalue weighted by Crippen LogP contribution is -2.49. The largest absolute Gasteiger partial charge is 0.487 e. The highest BCUT2D eigenvalue weighted by atomic mass is 79.9. The summed E-state index contributed by atoms with van der Waals surface area (Å²) in [6.07, 6.45) is -0.240. The van der Waals surface area contributed by atoms with Gasteiger partial charge < -0.3 is 9.84 Å². The summed E-state index contributed by atoms with van der Waals surface area (Å²) in [5.74, 6) is 0.237. The molecule has 0 unspecified atom stereocenters. The number of sulfonamides is 1. The summed E-state index contributed by atoms with van der Waals surface area (Å²) >= 11 is 3.44. The lowest BCUT2D eigenvalue weighted by Gasteiger charge is -2.37. The summed E-state index contributed by atoms with van der Waals surface area (Å²) in [4.78, 5) is 2.33. The number of ether oxygens (including phenoxy) is 1. The van der Waals surface area contributed by atoms with Crippen LogP contribution in [-0.2, 0) is 16.6 Å². The molecule has 4 rings (SSSR count). The third-order valence-electron chi connectivity index (χ3n) is 6.63. The summed E-state index contributed by atoms with van der Waals surface area (Å²) in [5.41, 5.74) is 3.56. The molecule has 0 bridgehead atoms. The zero-order valence-corrected chi connectivity index (χ0v) is 23.2. The molecular weight excluding hydrogens is 540 g/mol. The molecule has 0 saturated carbocycles. The molecule has 6 nitrogen and oxygen atoms in total. The number of likely N-dealkylation sites (N-methyl/N-ethyl adjacent to an activating group) is 1. The predicted molar refractivity (Wildman–Crippen MR) is 146 cm³/mol. The minimum absolute atomic E-state index is 0.0937. The Kier molecular flexibility index (Phi) is 8.52. The van der Waals surface area contributed by atoms with Gasteiger partial charge in [-0.3, -0.25) is 4.90 Å². The van der Waals surface area contributed by atoms with Gasteiger partial charge in [0.25, 0.3) is 0 Å². The van der Waals surface area contributed by atoms with Gasteiger partial charge in [-0.2, -0.15) is 4.31 Å². The third-order valence-corrected chi connectivity index (χ3v) is 9.15. The maximum absolute atomic E-state index is 13.4. The first kappa shape index (κ1) is 26.8. The van der Waals surface area contributed by atoms with Gasteiger partial charge in [-0.15, -0.1) is 0 Å². The summed E-state index contributed by atoms with van der Waals surface area (Å²) < 4.78 is 35.4. The van der Waals surface area contributed by atoms with Gasteiger partial charge in [0.1, 0.15) is 16.7 Å². The number of halogens is 1. The molecule has 36 heavy (non-hydrogen) atoms. The summed E-state index contributed by atoms with van der Waals surface area (Å²) in [6, 6.07) is 23.3. The molecule has 3 aromatic carbocycles. The Bertz CT molecular complexity index is 1270. The van der Waals surface area contributed by atoms with E-state index in [4.69, 9.17) is 4.74 Å². The van der Waals surface area contributed by atoms with Crippen molar-refractivity contribution in [2.24, 2.45) is 5.92 Å². The smallest absolute Gasteiger partial charge is 0.247 e. The second kappa shape index (κ2) is 11.4. The summed E-state index contributed by atoms with van der Waals surface area (Å²) in [5, 5.41) is 9.77. The van der Waals surface area contributed by atoms with Crippen LogP contribution in [0.5, 0.6) is 5.75 Å². The van der Waals surface area contributed by atoms with Gasteiger partial charge >= 0.3 is 0 Å². The van der Waals surface area contributed by atoms with Crippen LogP contribution < -0.4 is 4.74 Å². The molecule has 3 aromatic rings. The van der Waals surface area contributed by atoms with Crippen molar-refractivity contribution >= 4 is 26.0 Å². The maximum atomic E-state index is 13.4. The van der Waals surface area contributed by atoms with Crippen LogP contribution >= 0.6 is 15.9 Å². The molecule has 3 atom stereocenters. The topological polar surface area (TPSA) is 70.1 Å². The van der Waals surface area contributed by atoms with Crippen molar-refractivity contribution in [2.75, 3.05) is 26.7 Å². The second-order valence-corrected chi connectivity index (χ2v) is 12.4. The Labute approximate surface area is 222 Å². The number of fused-ring (bicyclic) bond motifs is 1. The molecular formula is C28H33BrN2O4S. The maximum Gasteiger partial charge on any atom is 0.247 e. The minimum Gasteiger partial charge on any atom is -0.487 e. The van der Waals surface area contributed by atoms with E-state index in [1.165, 1.54) is 21.0 Å². The molecule has 8 heteroatoms. The molecule has 0 fully saturated rings. The number of aliphatic hydroxyl groups excluding tert-OH is 1. The zero-order valence-electron chi connectivity index (χ0n) is 20.8. The molecule has 0 aromatic heterocycles. The number of hydrogen-bond donors (Lipinski definition) is 1. The first-order valence-electron chi connectivity index (χ1n) is 12.1. The van der Waals surface area contributed by atoms with Crippen molar-refractivity contribution in [1.82, 2.24) is 9.21 Å². The Balaban J connectivity index is 1.54. The van der Waals surface area contributed by atoms with E-state index in [2.05, 4.69) is 57.2 Å². The first-order valence-corrected chi connectivity index (χ1v) is 14.3. The van der Waals surface area contributed by atoms with Crippen LogP contribution in [0, 0.1) is 5.92 Å². The van der Waals surface area contributed by atoms with Gasteiger partial charge in [-0.05, 0) is 48.9 Å². The van der Waals surface area contributed by atoms with Crippen LogP contribution in [0.3, 0.4) is 0 Å². The van der Waals surface area contributed by atoms with Crippen molar-refractivity contribution in [3.8, 4) is 16.9 Å². The third kappa shape index (κ3) is 6.01. The SMILES string of the molecule is C[C@@H]1CN([C@@H](C)CO)S(=O)(=O)c2ccc(Br)cc2O[C@H]1CN(C)Cc1ccc(-c2ccccc2)cc1. The Morgan fingerprint density at radius 2 is 1.75 bits per heavy atom. The predicted octanol–water partition coefficient (Wildman–Crippen LogP) is 5.02. The average Bonchev–Trinajstić information content (AvgIpc) is 2.86. The van der Waals surface area contributed by atoms with E-state index in [0.717, 1.165) is 11.0 Å². The van der Waals surface area contributed by atoms with E-state index in [0.29, 0.717) is 12.3 Å². The van der Waals surface area contributed by atoms with E-state index < -0.39 is 16.1 Å². The number of rotatable bonds is 7. The zero-order chi connectivity index (χ0) is 25.9. The quantitative estimate of drug-likeness (QED) is 0.430. The van der Waals surface area contributed by atoms with Gasteiger partial charge in [0, 0.05) is 36.1 Å². The first-order chi connectivity index (χ1) is 17.2. The number of nitrogens with zero attached hydrogens (tertiary/aromatic N) is 2. The van der Waals surface area contributed by atoms with Crippen LogP contribution in [0.4, 0.5) is 0 Å². The number of aliphatic hydroxyl groups is 1. The molecule has 1 heterocycles. The fraction of sp³-hybridized carbons (Fsp3) is 0.357. The van der Waals surface area contributed by atoms with Gasteiger partial charge in [0.2, 0.25) is 10.0 Å². The van der Waals surface area contributed by atoms with Gasteiger partial charge in [0.05, 0.1) is 6.61 Å². The normalized spacial score (nSPS) is 20.7. The molecule has 1 N–H and O–H groups in total. The van der Waals surface area contributed by atoms with Crippen LogP contribution in [0.1, 0.15) is 19.4 Å². The minimum atomic E-state index is -3.82. The molecule has 0 radical (unpaired) electrons. The monoisotopic (exact) mass is 572 g/mol. The molecule has 0 aliphatic carbocycles. The van der Waals surface area contributed by atoms with Crippen molar-refractivity contribution in [3.05, 3.63) is 82.8 Å². The van der Waals surface area contributed by atoms with Gasteiger partial charge in [-0.1, -0.05) is 77.5 Å². The Morgan fingerprint density at radius 1 is 1.08 bits per heavy atom. The van der Waals surface area contributed by atoms with E-state index >= 15 is 0 Å². The van der Waals surface area contributed by atoms with E-state index in [9.17, 15) is 13.5 Å². The highest BCUT2D eigenvalue weighted by Crippen LogP contribution is 2.35. The van der Waals surface area contributed by atoms with Crippen LogP contribution in [0.2, 0.25) is 0 Å². The van der Waals surface area contributed by atoms with E-state index in [1.807, 2.05) is 32.2 Å². The number of benzene rings is 3. The second-order valence-electron chi connectivity index (χ2n) is 9.59. The molecule has 0 spiro atoms. The highest BCUT2D eigenvalue weighted by Gasteiger charge is 2.38. The molecule has 1 aliphatic rings. The van der Waals surface area contributed by atoms with Crippen LogP contribution in [0.25, 0.3) is 11.1 Å². The van der Waals surface area contributed by atoms with Crippen molar-refractivity contribution < 1.29 is 18.3 Å². The van der Waals surface area contributed by atoms with Crippen molar-refractivity contribution in [2.45, 2.75) is 37.4 Å². The van der Waals surface area contributed by atoms with Gasteiger partial charge in [-0.25, -0.2) is 8.42 Å². The van der Waals surface area contributed by atoms with Crippen LogP contribution in [0.15, 0.2) is 82.2 Å². The van der Waals surface area contributed by atoms with Crippen molar-refractivity contribution in [3.63, 3.8) is 0 Å². The molecule has 192 valence electrons. The number of hydrogen-bond acceptors (Lipinski definition) is 5. The summed E-state index contributed by atoms with van der Waals surface area (Å²) in [7, 11) is -1.77. The fourth-order valence-electron chi connectivity index (χ4n) is 4.53. The van der Waals surface area contributed by atoms with Crippen LogP contribution in [-0.4, -0.2) is 61.6 Å². The highest BCUT2D eigenvalue weighted by molar-refractivity contribution is 9.10.